The minimum Gasteiger partial charge on any atom is -0.368 e. The predicted octanol–water partition coefficient (Wildman–Crippen LogP) is 0.975. The summed E-state index contributed by atoms with van der Waals surface area (Å²) in [5, 5.41) is 2.91. The molecule has 0 spiro atoms. The molecular weight excluding hydrogens is 228 g/mol. The van der Waals surface area contributed by atoms with Gasteiger partial charge in [-0.1, -0.05) is 0 Å². The smallest absolute Gasteiger partial charge is 0.249 e. The molecule has 1 atom stereocenters. The van der Waals surface area contributed by atoms with Crippen LogP contribution in [0.25, 0.3) is 0 Å². The lowest BCUT2D eigenvalue weighted by atomic mass is 9.78. The first kappa shape index (κ1) is 13.7. The number of carbonyl (C=O) groups is 1. The van der Waals surface area contributed by atoms with E-state index in [1.54, 1.807) is 0 Å². The molecule has 1 saturated carbocycles. The number of ether oxygens (including phenoxy) is 1. The summed E-state index contributed by atoms with van der Waals surface area (Å²) >= 11 is 0. The molecule has 0 aromatic rings. The summed E-state index contributed by atoms with van der Waals surface area (Å²) in [5.41, 5.74) is 5.89. The second-order valence-corrected chi connectivity index (χ2v) is 4.79. The van der Waals surface area contributed by atoms with E-state index in [2.05, 4.69) is 5.32 Å². The molecule has 0 aromatic heterocycles. The van der Waals surface area contributed by atoms with E-state index < -0.39 is 0 Å². The van der Waals surface area contributed by atoms with E-state index >= 15 is 0 Å². The molecule has 1 unspecified atom stereocenters. The molecular formula is C11H21ClN2O2. The topological polar surface area (TPSA) is 64.3 Å². The molecule has 2 aliphatic rings. The van der Waals surface area contributed by atoms with Crippen molar-refractivity contribution in [1.82, 2.24) is 5.32 Å². The van der Waals surface area contributed by atoms with Crippen LogP contribution in [0.3, 0.4) is 0 Å². The van der Waals surface area contributed by atoms with E-state index in [4.69, 9.17) is 10.5 Å². The third-order valence-corrected chi connectivity index (χ3v) is 3.44. The molecule has 0 radical (unpaired) electrons. The molecule has 2 rings (SSSR count). The zero-order valence-electron chi connectivity index (χ0n) is 9.54. The van der Waals surface area contributed by atoms with Gasteiger partial charge in [-0.3, -0.25) is 4.79 Å². The Hall–Kier alpha value is -0.320. The summed E-state index contributed by atoms with van der Waals surface area (Å²) in [5.74, 6) is 0.0198. The maximum absolute atomic E-state index is 11.7. The maximum atomic E-state index is 11.7. The van der Waals surface area contributed by atoms with Crippen LogP contribution in [0.2, 0.25) is 0 Å². The Morgan fingerprint density at radius 2 is 2.12 bits per heavy atom. The molecule has 1 aliphatic carbocycles. The highest BCUT2D eigenvalue weighted by atomic mass is 35.5. The zero-order chi connectivity index (χ0) is 10.7. The van der Waals surface area contributed by atoms with Crippen molar-refractivity contribution >= 4 is 18.3 Å². The molecule has 1 aliphatic heterocycles. The van der Waals surface area contributed by atoms with Gasteiger partial charge < -0.3 is 15.8 Å². The summed E-state index contributed by atoms with van der Waals surface area (Å²) in [6, 6.07) is 0. The first-order valence-corrected chi connectivity index (χ1v) is 5.88. The monoisotopic (exact) mass is 248 g/mol. The number of hydrogen-bond donors (Lipinski definition) is 2. The molecule has 1 amide bonds. The molecule has 16 heavy (non-hydrogen) atoms. The van der Waals surface area contributed by atoms with E-state index in [0.29, 0.717) is 13.2 Å². The van der Waals surface area contributed by atoms with Gasteiger partial charge in [-0.25, -0.2) is 0 Å². The number of nitrogens with one attached hydrogen (secondary N) is 1. The van der Waals surface area contributed by atoms with Crippen molar-refractivity contribution in [3.63, 3.8) is 0 Å². The molecule has 5 heteroatoms. The fraction of sp³-hybridized carbons (Fsp3) is 0.909. The second-order valence-electron chi connectivity index (χ2n) is 4.79. The van der Waals surface area contributed by atoms with Gasteiger partial charge in [0.2, 0.25) is 5.91 Å². The average Bonchev–Trinajstić information content (AvgIpc) is 2.24. The van der Waals surface area contributed by atoms with Gasteiger partial charge in [-0.05, 0) is 38.5 Å². The SMILES string of the molecule is Cl.NC1(CNC(=O)C2CCCCO2)CCC1. The number of carbonyl (C=O) groups excluding carboxylic acids is 1. The standard InChI is InChI=1S/C11H20N2O2.ClH/c12-11(5-3-6-11)8-13-10(14)9-4-1-2-7-15-9;/h9H,1-8,12H2,(H,13,14);1H. The van der Waals surface area contributed by atoms with Gasteiger partial charge in [0.1, 0.15) is 6.10 Å². The van der Waals surface area contributed by atoms with Crippen LogP contribution in [0.4, 0.5) is 0 Å². The third-order valence-electron chi connectivity index (χ3n) is 3.44. The van der Waals surface area contributed by atoms with Crippen LogP contribution in [0.5, 0.6) is 0 Å². The van der Waals surface area contributed by atoms with Gasteiger partial charge in [0, 0.05) is 18.7 Å². The highest BCUT2D eigenvalue weighted by Crippen LogP contribution is 2.28. The zero-order valence-corrected chi connectivity index (χ0v) is 10.4. The van der Waals surface area contributed by atoms with Crippen molar-refractivity contribution in [3.05, 3.63) is 0 Å². The highest BCUT2D eigenvalue weighted by molar-refractivity contribution is 5.85. The Morgan fingerprint density at radius 3 is 2.62 bits per heavy atom. The average molecular weight is 249 g/mol. The lowest BCUT2D eigenvalue weighted by molar-refractivity contribution is -0.135. The third kappa shape index (κ3) is 3.34. The predicted molar refractivity (Wildman–Crippen MR) is 64.6 cm³/mol. The van der Waals surface area contributed by atoms with Crippen LogP contribution in [-0.2, 0) is 9.53 Å². The second kappa shape index (κ2) is 5.84. The summed E-state index contributed by atoms with van der Waals surface area (Å²) in [7, 11) is 0. The number of halogens is 1. The number of nitrogens with two attached hydrogens (primary N) is 1. The van der Waals surface area contributed by atoms with E-state index in [1.165, 1.54) is 6.42 Å². The van der Waals surface area contributed by atoms with Gasteiger partial charge in [0.15, 0.2) is 0 Å². The van der Waals surface area contributed by atoms with Crippen LogP contribution in [-0.4, -0.2) is 30.7 Å². The largest absolute Gasteiger partial charge is 0.368 e. The van der Waals surface area contributed by atoms with Crippen LogP contribution < -0.4 is 11.1 Å². The van der Waals surface area contributed by atoms with Crippen molar-refractivity contribution in [1.29, 1.82) is 0 Å². The number of rotatable bonds is 3. The Bertz CT molecular complexity index is 238. The Morgan fingerprint density at radius 1 is 1.38 bits per heavy atom. The van der Waals surface area contributed by atoms with Gasteiger partial charge in [0.05, 0.1) is 0 Å². The van der Waals surface area contributed by atoms with Crippen LogP contribution >= 0.6 is 12.4 Å². The first-order valence-electron chi connectivity index (χ1n) is 5.88. The Balaban J connectivity index is 0.00000128. The lowest BCUT2D eigenvalue weighted by Gasteiger charge is -2.38. The fourth-order valence-electron chi connectivity index (χ4n) is 2.13. The molecule has 1 saturated heterocycles. The van der Waals surface area contributed by atoms with E-state index in [0.717, 1.165) is 32.1 Å². The Kier molecular flexibility index (Phi) is 5.02. The van der Waals surface area contributed by atoms with Crippen molar-refractivity contribution in [3.8, 4) is 0 Å². The molecule has 3 N–H and O–H groups in total. The van der Waals surface area contributed by atoms with Gasteiger partial charge >= 0.3 is 0 Å². The molecule has 0 aromatic carbocycles. The molecule has 94 valence electrons. The highest BCUT2D eigenvalue weighted by Gasteiger charge is 2.33. The summed E-state index contributed by atoms with van der Waals surface area (Å²) in [4.78, 5) is 11.7. The van der Waals surface area contributed by atoms with Crippen LogP contribution in [0.15, 0.2) is 0 Å². The van der Waals surface area contributed by atoms with Gasteiger partial charge in [-0.2, -0.15) is 0 Å². The van der Waals surface area contributed by atoms with E-state index in [9.17, 15) is 4.79 Å². The van der Waals surface area contributed by atoms with Gasteiger partial charge in [0.25, 0.3) is 0 Å². The van der Waals surface area contributed by atoms with Crippen molar-refractivity contribution in [2.75, 3.05) is 13.2 Å². The fourth-order valence-corrected chi connectivity index (χ4v) is 2.13. The Labute approximate surface area is 103 Å². The van der Waals surface area contributed by atoms with Gasteiger partial charge in [-0.15, -0.1) is 12.4 Å². The molecule has 1 heterocycles. The first-order chi connectivity index (χ1) is 7.20. The summed E-state index contributed by atoms with van der Waals surface area (Å²) in [6.07, 6.45) is 6.02. The van der Waals surface area contributed by atoms with Crippen molar-refractivity contribution in [2.45, 2.75) is 50.2 Å². The lowest BCUT2D eigenvalue weighted by Crippen LogP contribution is -2.56. The minimum absolute atomic E-state index is 0. The van der Waals surface area contributed by atoms with E-state index in [1.807, 2.05) is 0 Å². The minimum atomic E-state index is -0.234. The van der Waals surface area contributed by atoms with Crippen LogP contribution in [0.1, 0.15) is 38.5 Å². The summed E-state index contributed by atoms with van der Waals surface area (Å²) in [6.45, 7) is 1.32. The van der Waals surface area contributed by atoms with Crippen LogP contribution in [0, 0.1) is 0 Å². The molecule has 4 nitrogen and oxygen atoms in total. The van der Waals surface area contributed by atoms with Crippen molar-refractivity contribution in [2.24, 2.45) is 5.73 Å². The molecule has 0 bridgehead atoms. The summed E-state index contributed by atoms with van der Waals surface area (Å²) < 4.78 is 5.40. The maximum Gasteiger partial charge on any atom is 0.249 e. The number of amides is 1. The van der Waals surface area contributed by atoms with E-state index in [-0.39, 0.29) is 30.0 Å². The van der Waals surface area contributed by atoms with Crippen molar-refractivity contribution < 1.29 is 9.53 Å². The molecule has 2 fully saturated rings. The number of hydrogen-bond acceptors (Lipinski definition) is 3. The normalized spacial score (nSPS) is 27.4. The quantitative estimate of drug-likeness (QED) is 0.783.